The zero-order chi connectivity index (χ0) is 37.3. The number of pyridine rings is 1. The number of nitrogens with one attached hydrogen (secondary N) is 2. The van der Waals surface area contributed by atoms with Gasteiger partial charge in [0.1, 0.15) is 11.3 Å². The van der Waals surface area contributed by atoms with E-state index in [2.05, 4.69) is 57.4 Å². The highest BCUT2D eigenvalue weighted by Gasteiger charge is 2.56. The standard InChI is InChI=1S/C42H51FN8O3/c1-25(2)50-24-45-36-21-34(46-39(38(36)50)47-35-20-31(40(52)44-4)26(3)16-33(35)43)27-8-9-32-37(17-27)51(29-18-28(19-29)48-12-6-5-7-13-48)41(53)42(32)10-14-49(15-11-42)30-22-54-23-30/h8-9,16-17,20-21,24-25,28-30H,5-7,10-15,18-19,22-23H2,1-4H3,(H,44,52)(H,46,47)/t28-,29+. The average molecular weight is 735 g/mol. The van der Waals surface area contributed by atoms with Crippen LogP contribution in [0, 0.1) is 12.7 Å². The molecule has 2 aromatic carbocycles. The van der Waals surface area contributed by atoms with Crippen LogP contribution >= 0.6 is 0 Å². The van der Waals surface area contributed by atoms with Crippen LogP contribution in [0.2, 0.25) is 0 Å². The van der Waals surface area contributed by atoms with Gasteiger partial charge in [-0.3, -0.25) is 14.5 Å². The largest absolute Gasteiger partial charge is 0.378 e. The lowest BCUT2D eigenvalue weighted by Gasteiger charge is -2.48. The van der Waals surface area contributed by atoms with Crippen molar-refractivity contribution in [3.8, 4) is 11.3 Å². The Balaban J connectivity index is 1.10. The van der Waals surface area contributed by atoms with Gasteiger partial charge in [0.2, 0.25) is 5.91 Å². The van der Waals surface area contributed by atoms with E-state index < -0.39 is 11.2 Å². The molecule has 1 aliphatic carbocycles. The molecule has 2 amide bonds. The normalized spacial score (nSPS) is 23.1. The highest BCUT2D eigenvalue weighted by atomic mass is 19.1. The number of hydrogen-bond donors (Lipinski definition) is 2. The third-order valence-corrected chi connectivity index (χ3v) is 13.0. The van der Waals surface area contributed by atoms with E-state index in [4.69, 9.17) is 14.7 Å². The Morgan fingerprint density at radius 2 is 1.70 bits per heavy atom. The molecule has 284 valence electrons. The molecule has 6 heterocycles. The highest BCUT2D eigenvalue weighted by Crippen LogP contribution is 2.52. The number of rotatable bonds is 8. The van der Waals surface area contributed by atoms with Crippen molar-refractivity contribution >= 4 is 40.0 Å². The minimum absolute atomic E-state index is 0.0720. The van der Waals surface area contributed by atoms with Gasteiger partial charge in [0.25, 0.3) is 5.91 Å². The van der Waals surface area contributed by atoms with Crippen LogP contribution in [-0.2, 0) is 14.9 Å². The van der Waals surface area contributed by atoms with Gasteiger partial charge < -0.3 is 29.7 Å². The number of imidazole rings is 1. The molecule has 2 aromatic heterocycles. The molecule has 0 unspecified atom stereocenters. The number of hydrogen-bond acceptors (Lipinski definition) is 8. The number of amides is 2. The molecule has 5 aliphatic rings. The van der Waals surface area contributed by atoms with Crippen LogP contribution < -0.4 is 15.5 Å². The number of carbonyl (C=O) groups is 2. The summed E-state index contributed by atoms with van der Waals surface area (Å²) in [5.41, 5.74) is 5.70. The van der Waals surface area contributed by atoms with Crippen LogP contribution in [-0.4, -0.2) is 101 Å². The lowest BCUT2D eigenvalue weighted by molar-refractivity contribution is -0.128. The number of anilines is 3. The SMILES string of the molecule is CNC(=O)c1cc(Nc2nc(-c3ccc4c(c3)N([C@H]3C[C@@H](N5CCCCC5)C3)C(=O)C43CCN(C4COC4)CC3)cc3ncn(C(C)C)c23)c(F)cc1C. The highest BCUT2D eigenvalue weighted by molar-refractivity contribution is 6.09. The Morgan fingerprint density at radius 3 is 2.39 bits per heavy atom. The number of benzene rings is 2. The van der Waals surface area contributed by atoms with E-state index in [0.717, 1.165) is 92.9 Å². The second-order valence-electron chi connectivity index (χ2n) is 16.4. The Hall–Kier alpha value is -4.39. The first-order valence-corrected chi connectivity index (χ1v) is 19.9. The summed E-state index contributed by atoms with van der Waals surface area (Å²) in [7, 11) is 1.56. The first-order chi connectivity index (χ1) is 26.1. The lowest BCUT2D eigenvalue weighted by Crippen LogP contribution is -2.59. The molecule has 11 nitrogen and oxygen atoms in total. The second-order valence-corrected chi connectivity index (χ2v) is 16.4. The number of fused-ring (bicyclic) bond motifs is 3. The van der Waals surface area contributed by atoms with Crippen LogP contribution in [0.5, 0.6) is 0 Å². The van der Waals surface area contributed by atoms with Crippen LogP contribution in [0.15, 0.2) is 42.7 Å². The number of ether oxygens (including phenoxy) is 1. The summed E-state index contributed by atoms with van der Waals surface area (Å²) in [5, 5.41) is 5.91. The number of carbonyl (C=O) groups excluding carboxylic acids is 2. The number of likely N-dealkylation sites (tertiary alicyclic amines) is 2. The molecule has 0 atom stereocenters. The Labute approximate surface area is 316 Å². The van der Waals surface area contributed by atoms with Gasteiger partial charge in [0.15, 0.2) is 5.82 Å². The van der Waals surface area contributed by atoms with Gasteiger partial charge in [-0.2, -0.15) is 0 Å². The topological polar surface area (TPSA) is 108 Å². The van der Waals surface area contributed by atoms with Gasteiger partial charge >= 0.3 is 0 Å². The van der Waals surface area contributed by atoms with Crippen molar-refractivity contribution in [2.24, 2.45) is 0 Å². The molecule has 1 saturated carbocycles. The Kier molecular flexibility index (Phi) is 8.98. The summed E-state index contributed by atoms with van der Waals surface area (Å²) in [4.78, 5) is 44.8. The zero-order valence-electron chi connectivity index (χ0n) is 31.8. The molecule has 2 N–H and O–H groups in total. The van der Waals surface area contributed by atoms with Crippen LogP contribution in [0.4, 0.5) is 21.6 Å². The second kappa shape index (κ2) is 13.7. The van der Waals surface area contributed by atoms with E-state index in [1.54, 1.807) is 20.3 Å². The van der Waals surface area contributed by atoms with E-state index in [0.29, 0.717) is 34.7 Å². The monoisotopic (exact) mass is 734 g/mol. The predicted molar refractivity (Wildman–Crippen MR) is 208 cm³/mol. The van der Waals surface area contributed by atoms with Crippen molar-refractivity contribution in [1.29, 1.82) is 0 Å². The summed E-state index contributed by atoms with van der Waals surface area (Å²) in [6, 6.07) is 12.6. The minimum Gasteiger partial charge on any atom is -0.378 e. The molecular weight excluding hydrogens is 684 g/mol. The molecule has 0 bridgehead atoms. The maximum absolute atomic E-state index is 15.6. The molecule has 12 heteroatoms. The van der Waals surface area contributed by atoms with Crippen LogP contribution in [0.3, 0.4) is 0 Å². The third kappa shape index (κ3) is 5.79. The van der Waals surface area contributed by atoms with Crippen molar-refractivity contribution in [2.75, 3.05) is 56.7 Å². The van der Waals surface area contributed by atoms with E-state index >= 15 is 4.39 Å². The van der Waals surface area contributed by atoms with Gasteiger partial charge in [-0.15, -0.1) is 0 Å². The zero-order valence-corrected chi connectivity index (χ0v) is 31.8. The van der Waals surface area contributed by atoms with Gasteiger partial charge in [-0.05, 0) is 121 Å². The van der Waals surface area contributed by atoms with Gasteiger partial charge in [-0.1, -0.05) is 18.6 Å². The summed E-state index contributed by atoms with van der Waals surface area (Å²) >= 11 is 0. The molecule has 54 heavy (non-hydrogen) atoms. The summed E-state index contributed by atoms with van der Waals surface area (Å²) in [6.45, 7) is 11.5. The van der Waals surface area contributed by atoms with Gasteiger partial charge in [0.05, 0.1) is 47.9 Å². The number of aryl methyl sites for hydroxylation is 1. The van der Waals surface area contributed by atoms with E-state index in [1.165, 1.54) is 31.4 Å². The molecule has 3 saturated heterocycles. The molecular formula is C42H51FN8O3. The first kappa shape index (κ1) is 35.3. The summed E-state index contributed by atoms with van der Waals surface area (Å²) in [5.74, 6) is -0.0715. The number of piperidine rings is 2. The smallest absolute Gasteiger partial charge is 0.251 e. The van der Waals surface area contributed by atoms with Crippen molar-refractivity contribution in [2.45, 2.75) is 95.3 Å². The molecule has 0 radical (unpaired) electrons. The van der Waals surface area contributed by atoms with Crippen molar-refractivity contribution in [3.05, 3.63) is 65.2 Å². The Morgan fingerprint density at radius 1 is 0.963 bits per heavy atom. The molecule has 4 fully saturated rings. The minimum atomic E-state index is -0.531. The van der Waals surface area contributed by atoms with Crippen molar-refractivity contribution in [1.82, 2.24) is 29.7 Å². The fraction of sp³-hybridized carbons (Fsp3) is 0.524. The molecule has 1 spiro atoms. The van der Waals surface area contributed by atoms with E-state index in [1.807, 2.05) is 10.6 Å². The number of nitrogens with zero attached hydrogens (tertiary/aromatic N) is 6. The Bertz CT molecular complexity index is 2110. The third-order valence-electron chi connectivity index (χ3n) is 13.0. The average Bonchev–Trinajstić information content (AvgIpc) is 3.67. The quantitative estimate of drug-likeness (QED) is 0.217. The van der Waals surface area contributed by atoms with Crippen LogP contribution in [0.25, 0.3) is 22.3 Å². The molecule has 9 rings (SSSR count). The molecule has 4 aliphatic heterocycles. The molecule has 4 aromatic rings. The van der Waals surface area contributed by atoms with Gasteiger partial charge in [0, 0.05) is 42.0 Å². The fourth-order valence-corrected chi connectivity index (χ4v) is 9.61. The summed E-state index contributed by atoms with van der Waals surface area (Å²) in [6.07, 6.45) is 9.23. The fourth-order valence-electron chi connectivity index (χ4n) is 9.61. The van der Waals surface area contributed by atoms with E-state index in [-0.39, 0.29) is 29.6 Å². The van der Waals surface area contributed by atoms with Crippen molar-refractivity contribution < 1.29 is 18.7 Å². The predicted octanol–water partition coefficient (Wildman–Crippen LogP) is 6.33. The first-order valence-electron chi connectivity index (χ1n) is 19.9. The number of halogens is 1. The number of aromatic nitrogens is 3. The van der Waals surface area contributed by atoms with Gasteiger partial charge in [-0.25, -0.2) is 14.4 Å². The summed E-state index contributed by atoms with van der Waals surface area (Å²) < 4.78 is 23.1. The lowest BCUT2D eigenvalue weighted by atomic mass is 9.73. The van der Waals surface area contributed by atoms with E-state index in [9.17, 15) is 9.59 Å². The maximum Gasteiger partial charge on any atom is 0.251 e. The maximum atomic E-state index is 15.6. The van der Waals surface area contributed by atoms with Crippen LogP contribution in [0.1, 0.15) is 86.3 Å². The van der Waals surface area contributed by atoms with Crippen molar-refractivity contribution in [3.63, 3.8) is 0 Å².